The average molecular weight is 282 g/mol. The lowest BCUT2D eigenvalue weighted by molar-refractivity contribution is 0.0527. The Bertz CT molecular complexity index is 424. The quantitative estimate of drug-likeness (QED) is 0.594. The van der Waals surface area contributed by atoms with E-state index in [1.165, 1.54) is 0 Å². The number of hydrogen-bond acceptors (Lipinski definition) is 5. The number of benzene rings is 1. The van der Waals surface area contributed by atoms with Crippen LogP contribution in [-0.2, 0) is 4.74 Å². The second-order valence-corrected chi connectivity index (χ2v) is 5.55. The van der Waals surface area contributed by atoms with Gasteiger partial charge in [-0.3, -0.25) is 0 Å². The van der Waals surface area contributed by atoms with E-state index in [1.54, 1.807) is 19.1 Å². The number of nitrogen functional groups attached to an aromatic ring is 1. The van der Waals surface area contributed by atoms with E-state index in [-0.39, 0.29) is 5.97 Å². The molecule has 0 amide bonds. The minimum Gasteiger partial charge on any atom is -0.462 e. The number of carbonyl (C=O) groups is 1. The van der Waals surface area contributed by atoms with Gasteiger partial charge in [0.25, 0.3) is 0 Å². The number of rotatable bonds is 7. The van der Waals surface area contributed by atoms with Gasteiger partial charge in [-0.25, -0.2) is 4.79 Å². The maximum absolute atomic E-state index is 11.7. The van der Waals surface area contributed by atoms with Crippen LogP contribution >= 0.6 is 11.8 Å². The number of esters is 1. The first-order valence-electron chi connectivity index (χ1n) is 6.49. The lowest BCUT2D eigenvalue weighted by Gasteiger charge is -2.16. The van der Waals surface area contributed by atoms with Crippen LogP contribution in [0.5, 0.6) is 0 Å². The van der Waals surface area contributed by atoms with Crippen molar-refractivity contribution in [1.82, 2.24) is 0 Å². The molecule has 0 bridgehead atoms. The third-order valence-electron chi connectivity index (χ3n) is 2.53. The molecule has 1 unspecified atom stereocenters. The molecule has 0 aliphatic heterocycles. The van der Waals surface area contributed by atoms with Crippen molar-refractivity contribution in [2.75, 3.05) is 29.2 Å². The summed E-state index contributed by atoms with van der Waals surface area (Å²) < 4.78 is 4.98. The number of ether oxygens (including phenoxy) is 1. The molecule has 4 nitrogen and oxygen atoms in total. The molecule has 106 valence electrons. The van der Waals surface area contributed by atoms with Gasteiger partial charge in [0.2, 0.25) is 0 Å². The summed E-state index contributed by atoms with van der Waals surface area (Å²) in [6.07, 6.45) is 0. The Morgan fingerprint density at radius 1 is 1.47 bits per heavy atom. The highest BCUT2D eigenvalue weighted by atomic mass is 32.2. The predicted molar refractivity (Wildman–Crippen MR) is 82.9 cm³/mol. The van der Waals surface area contributed by atoms with Crippen LogP contribution in [0.25, 0.3) is 0 Å². The standard InChI is InChI=1S/C14H22N2O2S/c1-4-18-14(17)12-8-11(6-7-13(12)15)16-10(3)9-19-5-2/h6-8,10,16H,4-5,9,15H2,1-3H3. The van der Waals surface area contributed by atoms with Crippen molar-refractivity contribution in [2.45, 2.75) is 26.8 Å². The largest absolute Gasteiger partial charge is 0.462 e. The van der Waals surface area contributed by atoms with E-state index < -0.39 is 0 Å². The fourth-order valence-electron chi connectivity index (χ4n) is 1.65. The zero-order valence-electron chi connectivity index (χ0n) is 11.7. The van der Waals surface area contributed by atoms with Gasteiger partial charge in [-0.1, -0.05) is 6.92 Å². The molecule has 0 radical (unpaired) electrons. The molecular formula is C14H22N2O2S. The normalized spacial score (nSPS) is 11.9. The fraction of sp³-hybridized carbons (Fsp3) is 0.500. The molecule has 0 aliphatic rings. The summed E-state index contributed by atoms with van der Waals surface area (Å²) in [4.78, 5) is 11.7. The van der Waals surface area contributed by atoms with Gasteiger partial charge in [-0.15, -0.1) is 0 Å². The number of carbonyl (C=O) groups excluding carboxylic acids is 1. The summed E-state index contributed by atoms with van der Waals surface area (Å²) in [5.74, 6) is 1.75. The third kappa shape index (κ3) is 5.03. The molecule has 3 N–H and O–H groups in total. The summed E-state index contributed by atoms with van der Waals surface area (Å²) >= 11 is 1.88. The van der Waals surface area contributed by atoms with Crippen LogP contribution in [0, 0.1) is 0 Å². The maximum Gasteiger partial charge on any atom is 0.340 e. The van der Waals surface area contributed by atoms with E-state index in [0.29, 0.717) is 23.9 Å². The van der Waals surface area contributed by atoms with Gasteiger partial charge in [0, 0.05) is 23.2 Å². The van der Waals surface area contributed by atoms with Crippen molar-refractivity contribution >= 4 is 29.1 Å². The number of nitrogens with one attached hydrogen (secondary N) is 1. The summed E-state index contributed by atoms with van der Waals surface area (Å²) in [7, 11) is 0. The van der Waals surface area contributed by atoms with Gasteiger partial charge in [-0.2, -0.15) is 11.8 Å². The Kier molecular flexibility index (Phi) is 6.56. The van der Waals surface area contributed by atoms with Crippen LogP contribution in [0.15, 0.2) is 18.2 Å². The van der Waals surface area contributed by atoms with Crippen LogP contribution in [0.2, 0.25) is 0 Å². The van der Waals surface area contributed by atoms with E-state index in [9.17, 15) is 4.79 Å². The number of thioether (sulfide) groups is 1. The number of nitrogens with two attached hydrogens (primary N) is 1. The Morgan fingerprint density at radius 2 is 2.21 bits per heavy atom. The molecular weight excluding hydrogens is 260 g/mol. The van der Waals surface area contributed by atoms with Crippen LogP contribution in [0.1, 0.15) is 31.1 Å². The van der Waals surface area contributed by atoms with Crippen molar-refractivity contribution < 1.29 is 9.53 Å². The maximum atomic E-state index is 11.7. The van der Waals surface area contributed by atoms with Crippen molar-refractivity contribution in [2.24, 2.45) is 0 Å². The summed E-state index contributed by atoms with van der Waals surface area (Å²) in [6.45, 7) is 6.38. The van der Waals surface area contributed by atoms with Gasteiger partial charge < -0.3 is 15.8 Å². The highest BCUT2D eigenvalue weighted by Gasteiger charge is 2.12. The van der Waals surface area contributed by atoms with Crippen molar-refractivity contribution in [1.29, 1.82) is 0 Å². The highest BCUT2D eigenvalue weighted by molar-refractivity contribution is 7.99. The minimum atomic E-state index is -0.376. The van der Waals surface area contributed by atoms with Crippen LogP contribution in [-0.4, -0.2) is 30.1 Å². The van der Waals surface area contributed by atoms with Gasteiger partial charge in [0.1, 0.15) is 0 Å². The average Bonchev–Trinajstić information content (AvgIpc) is 2.39. The Hall–Kier alpha value is -1.36. The van der Waals surface area contributed by atoms with E-state index in [4.69, 9.17) is 10.5 Å². The molecule has 1 atom stereocenters. The molecule has 0 spiro atoms. The van der Waals surface area contributed by atoms with Crippen LogP contribution in [0.4, 0.5) is 11.4 Å². The molecule has 0 heterocycles. The molecule has 0 saturated heterocycles. The van der Waals surface area contributed by atoms with Crippen molar-refractivity contribution in [3.63, 3.8) is 0 Å². The van der Waals surface area contributed by atoms with Crippen LogP contribution in [0.3, 0.4) is 0 Å². The molecule has 19 heavy (non-hydrogen) atoms. The Labute approximate surface area is 119 Å². The van der Waals surface area contributed by atoms with Crippen molar-refractivity contribution in [3.8, 4) is 0 Å². The first kappa shape index (κ1) is 15.7. The smallest absolute Gasteiger partial charge is 0.340 e. The molecule has 1 aromatic rings. The third-order valence-corrected chi connectivity index (χ3v) is 3.68. The van der Waals surface area contributed by atoms with E-state index in [0.717, 1.165) is 17.2 Å². The molecule has 5 heteroatoms. The highest BCUT2D eigenvalue weighted by Crippen LogP contribution is 2.20. The zero-order chi connectivity index (χ0) is 14.3. The zero-order valence-corrected chi connectivity index (χ0v) is 12.5. The summed E-state index contributed by atoms with van der Waals surface area (Å²) in [6, 6.07) is 5.70. The number of hydrogen-bond donors (Lipinski definition) is 2. The second-order valence-electron chi connectivity index (χ2n) is 4.23. The molecule has 0 fully saturated rings. The van der Waals surface area contributed by atoms with E-state index in [2.05, 4.69) is 19.2 Å². The van der Waals surface area contributed by atoms with Crippen LogP contribution < -0.4 is 11.1 Å². The van der Waals surface area contributed by atoms with E-state index in [1.807, 2.05) is 17.8 Å². The van der Waals surface area contributed by atoms with Gasteiger partial charge >= 0.3 is 5.97 Å². The SMILES string of the molecule is CCOC(=O)c1cc(NC(C)CSCC)ccc1N. The topological polar surface area (TPSA) is 64.3 Å². The van der Waals surface area contributed by atoms with Crippen molar-refractivity contribution in [3.05, 3.63) is 23.8 Å². The lowest BCUT2D eigenvalue weighted by atomic mass is 10.1. The fourth-order valence-corrected chi connectivity index (χ4v) is 2.33. The molecule has 1 aromatic carbocycles. The number of anilines is 2. The molecule has 0 aliphatic carbocycles. The van der Waals surface area contributed by atoms with Gasteiger partial charge in [0.15, 0.2) is 0 Å². The first-order chi connectivity index (χ1) is 9.08. The minimum absolute atomic E-state index is 0.337. The van der Waals surface area contributed by atoms with Gasteiger partial charge in [0.05, 0.1) is 12.2 Å². The van der Waals surface area contributed by atoms with Gasteiger partial charge in [-0.05, 0) is 37.8 Å². The monoisotopic (exact) mass is 282 g/mol. The lowest BCUT2D eigenvalue weighted by Crippen LogP contribution is -2.18. The summed E-state index contributed by atoms with van der Waals surface area (Å²) in [5, 5.41) is 3.36. The Morgan fingerprint density at radius 3 is 2.84 bits per heavy atom. The summed E-state index contributed by atoms with van der Waals surface area (Å²) in [5.41, 5.74) is 7.55. The first-order valence-corrected chi connectivity index (χ1v) is 7.64. The van der Waals surface area contributed by atoms with E-state index >= 15 is 0 Å². The molecule has 0 aromatic heterocycles. The second kappa shape index (κ2) is 7.94. The Balaban J connectivity index is 2.75. The predicted octanol–water partition coefficient (Wildman–Crippen LogP) is 3.00. The molecule has 1 rings (SSSR count). The molecule has 0 saturated carbocycles.